The first-order valence-corrected chi connectivity index (χ1v) is 8.29. The van der Waals surface area contributed by atoms with E-state index >= 15 is 0 Å². The number of amides is 1. The molecule has 1 aromatic carbocycles. The zero-order chi connectivity index (χ0) is 18.1. The summed E-state index contributed by atoms with van der Waals surface area (Å²) in [6.45, 7) is 3.46. The van der Waals surface area contributed by atoms with Crippen LogP contribution in [0.1, 0.15) is 42.0 Å². The van der Waals surface area contributed by atoms with E-state index in [1.54, 1.807) is 30.7 Å². The molecule has 1 heterocycles. The summed E-state index contributed by atoms with van der Waals surface area (Å²) in [6.07, 6.45) is 2.33. The number of carboxylic acids is 1. The Hall–Kier alpha value is -2.70. The zero-order valence-electron chi connectivity index (χ0n) is 14.1. The molecule has 2 aromatic rings. The molecule has 0 bridgehead atoms. The van der Waals surface area contributed by atoms with Gasteiger partial charge >= 0.3 is 5.97 Å². The summed E-state index contributed by atoms with van der Waals surface area (Å²) < 4.78 is 15.1. The van der Waals surface area contributed by atoms with E-state index in [1.165, 1.54) is 12.1 Å². The quantitative estimate of drug-likeness (QED) is 0.871. The predicted octanol–water partition coefficient (Wildman–Crippen LogP) is 2.34. The van der Waals surface area contributed by atoms with Crippen molar-refractivity contribution in [1.82, 2.24) is 15.1 Å². The number of halogens is 1. The Balaban J connectivity index is 1.97. The molecule has 1 aliphatic rings. The van der Waals surface area contributed by atoms with E-state index in [9.17, 15) is 19.1 Å². The molecule has 0 saturated heterocycles. The lowest BCUT2D eigenvalue weighted by molar-refractivity contribution is -0.140. The Morgan fingerprint density at radius 3 is 2.72 bits per heavy atom. The van der Waals surface area contributed by atoms with Crippen molar-refractivity contribution < 1.29 is 19.1 Å². The van der Waals surface area contributed by atoms with Crippen LogP contribution in [0, 0.1) is 11.7 Å². The van der Waals surface area contributed by atoms with Crippen LogP contribution >= 0.6 is 0 Å². The monoisotopic (exact) mass is 345 g/mol. The van der Waals surface area contributed by atoms with Gasteiger partial charge in [-0.3, -0.25) is 4.79 Å². The van der Waals surface area contributed by atoms with E-state index in [-0.39, 0.29) is 17.4 Å². The molecule has 0 radical (unpaired) electrons. The van der Waals surface area contributed by atoms with Gasteiger partial charge in [-0.1, -0.05) is 19.9 Å². The number of benzene rings is 1. The first-order valence-electron chi connectivity index (χ1n) is 8.29. The first-order chi connectivity index (χ1) is 11.9. The van der Waals surface area contributed by atoms with Crippen LogP contribution in [0.3, 0.4) is 0 Å². The molecule has 25 heavy (non-hydrogen) atoms. The second-order valence-corrected chi connectivity index (χ2v) is 6.55. The predicted molar refractivity (Wildman–Crippen MR) is 89.3 cm³/mol. The summed E-state index contributed by atoms with van der Waals surface area (Å²) in [5, 5.41) is 16.2. The molecule has 1 aliphatic carbocycles. The number of carboxylic acid groups (broad SMARTS) is 1. The van der Waals surface area contributed by atoms with Gasteiger partial charge in [0.15, 0.2) is 5.69 Å². The highest BCUT2D eigenvalue weighted by Gasteiger charge is 2.30. The van der Waals surface area contributed by atoms with Crippen LogP contribution in [0.25, 0.3) is 5.69 Å². The molecule has 1 atom stereocenters. The average Bonchev–Trinajstić information content (AvgIpc) is 3.13. The highest BCUT2D eigenvalue weighted by Crippen LogP contribution is 2.28. The summed E-state index contributed by atoms with van der Waals surface area (Å²) in [5.41, 5.74) is 2.47. The van der Waals surface area contributed by atoms with Crippen molar-refractivity contribution in [2.75, 3.05) is 0 Å². The summed E-state index contributed by atoms with van der Waals surface area (Å²) in [4.78, 5) is 23.9. The number of nitrogens with one attached hydrogen (secondary N) is 1. The highest BCUT2D eigenvalue weighted by molar-refractivity contribution is 5.96. The lowest BCUT2D eigenvalue weighted by Crippen LogP contribution is -2.44. The standard InChI is InChI=1S/C18H20FN3O3/c1-10(2)15(18(24)25)20-17(23)16-13-7-4-8-14(13)22(21-16)12-6-3-5-11(19)9-12/h3,5-6,9-10,15H,4,7-8H2,1-2H3,(H,20,23)(H,24,25)/t15-/m1/s1. The van der Waals surface area contributed by atoms with Gasteiger partial charge in [-0.15, -0.1) is 0 Å². The van der Waals surface area contributed by atoms with Gasteiger partial charge in [0.2, 0.25) is 0 Å². The normalized spacial score (nSPS) is 14.4. The molecule has 3 rings (SSSR count). The number of rotatable bonds is 5. The van der Waals surface area contributed by atoms with Gasteiger partial charge in [0.05, 0.1) is 5.69 Å². The molecule has 2 N–H and O–H groups in total. The van der Waals surface area contributed by atoms with Crippen molar-refractivity contribution in [3.05, 3.63) is 47.0 Å². The maximum atomic E-state index is 13.5. The molecule has 0 fully saturated rings. The second kappa shape index (κ2) is 6.66. The van der Waals surface area contributed by atoms with Crippen LogP contribution in [0.2, 0.25) is 0 Å². The number of aliphatic carboxylic acids is 1. The van der Waals surface area contributed by atoms with Crippen LogP contribution in [0.4, 0.5) is 4.39 Å². The lowest BCUT2D eigenvalue weighted by atomic mass is 10.0. The largest absolute Gasteiger partial charge is 0.480 e. The molecule has 0 saturated carbocycles. The molecule has 7 heteroatoms. The fourth-order valence-corrected chi connectivity index (χ4v) is 3.16. The van der Waals surface area contributed by atoms with Crippen LogP contribution in [0.5, 0.6) is 0 Å². The Bertz CT molecular complexity index is 829. The highest BCUT2D eigenvalue weighted by atomic mass is 19.1. The third-order valence-electron chi connectivity index (χ3n) is 4.42. The third kappa shape index (κ3) is 3.26. The lowest BCUT2D eigenvalue weighted by Gasteiger charge is -2.17. The molecule has 0 unspecified atom stereocenters. The van der Waals surface area contributed by atoms with Crippen molar-refractivity contribution in [3.8, 4) is 5.69 Å². The number of fused-ring (bicyclic) bond motifs is 1. The smallest absolute Gasteiger partial charge is 0.326 e. The molecule has 0 spiro atoms. The van der Waals surface area contributed by atoms with Gasteiger partial charge in [0.25, 0.3) is 5.91 Å². The van der Waals surface area contributed by atoms with E-state index in [4.69, 9.17) is 0 Å². The molecule has 6 nitrogen and oxygen atoms in total. The van der Waals surface area contributed by atoms with Crippen molar-refractivity contribution in [3.63, 3.8) is 0 Å². The minimum Gasteiger partial charge on any atom is -0.480 e. The van der Waals surface area contributed by atoms with Crippen LogP contribution in [-0.4, -0.2) is 32.8 Å². The number of hydrogen-bond acceptors (Lipinski definition) is 3. The van der Waals surface area contributed by atoms with E-state index < -0.39 is 17.9 Å². The number of aromatic nitrogens is 2. The van der Waals surface area contributed by atoms with Crippen LogP contribution < -0.4 is 5.32 Å². The van der Waals surface area contributed by atoms with Crippen LogP contribution in [0.15, 0.2) is 24.3 Å². The minimum absolute atomic E-state index is 0.226. The zero-order valence-corrected chi connectivity index (χ0v) is 14.1. The summed E-state index contributed by atoms with van der Waals surface area (Å²) in [5.74, 6) is -2.21. The SMILES string of the molecule is CC(C)[C@@H](NC(=O)c1nn(-c2cccc(F)c2)c2c1CCC2)C(=O)O. The van der Waals surface area contributed by atoms with Gasteiger partial charge < -0.3 is 10.4 Å². The number of hydrogen-bond donors (Lipinski definition) is 2. The van der Waals surface area contributed by atoms with E-state index in [0.29, 0.717) is 12.1 Å². The maximum absolute atomic E-state index is 13.5. The molecule has 132 valence electrons. The van der Waals surface area contributed by atoms with E-state index in [1.807, 2.05) is 0 Å². The van der Waals surface area contributed by atoms with Crippen molar-refractivity contribution in [1.29, 1.82) is 0 Å². The Morgan fingerprint density at radius 2 is 2.08 bits per heavy atom. The summed E-state index contributed by atoms with van der Waals surface area (Å²) >= 11 is 0. The molecular weight excluding hydrogens is 325 g/mol. The van der Waals surface area contributed by atoms with Crippen molar-refractivity contribution in [2.24, 2.45) is 5.92 Å². The van der Waals surface area contributed by atoms with E-state index in [0.717, 1.165) is 24.1 Å². The van der Waals surface area contributed by atoms with E-state index in [2.05, 4.69) is 10.4 Å². The molecular formula is C18H20FN3O3. The Morgan fingerprint density at radius 1 is 1.32 bits per heavy atom. The third-order valence-corrected chi connectivity index (χ3v) is 4.42. The van der Waals surface area contributed by atoms with Gasteiger partial charge in [0.1, 0.15) is 11.9 Å². The fraction of sp³-hybridized carbons (Fsp3) is 0.389. The number of nitrogens with zero attached hydrogens (tertiary/aromatic N) is 2. The van der Waals surface area contributed by atoms with Crippen LogP contribution in [-0.2, 0) is 17.6 Å². The molecule has 1 amide bonds. The molecule has 0 aliphatic heterocycles. The summed E-state index contributed by atoms with van der Waals surface area (Å²) in [7, 11) is 0. The topological polar surface area (TPSA) is 84.2 Å². The van der Waals surface area contributed by atoms with Crippen molar-refractivity contribution >= 4 is 11.9 Å². The van der Waals surface area contributed by atoms with Gasteiger partial charge in [-0.25, -0.2) is 13.9 Å². The van der Waals surface area contributed by atoms with Gasteiger partial charge in [0, 0.05) is 11.3 Å². The average molecular weight is 345 g/mol. The minimum atomic E-state index is -1.08. The Kier molecular flexibility index (Phi) is 4.57. The van der Waals surface area contributed by atoms with Crippen molar-refractivity contribution in [2.45, 2.75) is 39.2 Å². The first kappa shape index (κ1) is 17.1. The Labute approximate surface area is 144 Å². The fourth-order valence-electron chi connectivity index (χ4n) is 3.16. The number of carbonyl (C=O) groups is 2. The second-order valence-electron chi connectivity index (χ2n) is 6.55. The maximum Gasteiger partial charge on any atom is 0.326 e. The number of carbonyl (C=O) groups excluding carboxylic acids is 1. The van der Waals surface area contributed by atoms with Gasteiger partial charge in [-0.05, 0) is 43.4 Å². The van der Waals surface area contributed by atoms with Gasteiger partial charge in [-0.2, -0.15) is 5.10 Å². The summed E-state index contributed by atoms with van der Waals surface area (Å²) in [6, 6.07) is 5.04. The molecule has 1 aromatic heterocycles.